The third kappa shape index (κ3) is 3.45. The van der Waals surface area contributed by atoms with Gasteiger partial charge < -0.3 is 4.74 Å². The monoisotopic (exact) mass is 598 g/mol. The van der Waals surface area contributed by atoms with Crippen LogP contribution in [0.25, 0.3) is 0 Å². The van der Waals surface area contributed by atoms with Crippen LogP contribution in [0.5, 0.6) is 0 Å². The standard InChI is InChI=1S/C32H20Cl2N2O6/c33-31-22-5-1-2-6-23(22)32(34,25-8-4-3-7-24(25)31)27-26(31)28(37)35(29(27)38)20-15-11-19(12-16-20)30(39)42-17-18-9-13-21(14-10-18)36(40)41/h1-16,26-27H,17H2/t26-,27+,31?,32?. The number of anilines is 1. The Morgan fingerprint density at radius 1 is 0.762 bits per heavy atom. The molecular formula is C32H20Cl2N2O6. The van der Waals surface area contributed by atoms with Gasteiger partial charge in [0, 0.05) is 12.1 Å². The van der Waals surface area contributed by atoms with Crippen LogP contribution < -0.4 is 4.90 Å². The van der Waals surface area contributed by atoms with Crippen molar-refractivity contribution >= 4 is 52.4 Å². The molecule has 10 heteroatoms. The fourth-order valence-corrected chi connectivity index (χ4v) is 7.71. The van der Waals surface area contributed by atoms with Crippen LogP contribution in [0, 0.1) is 22.0 Å². The number of nitrogens with zero attached hydrogens (tertiary/aromatic N) is 2. The summed E-state index contributed by atoms with van der Waals surface area (Å²) in [4.78, 5) is 49.7. The molecule has 0 aromatic heterocycles. The van der Waals surface area contributed by atoms with E-state index < -0.39 is 44.3 Å². The predicted molar refractivity (Wildman–Crippen MR) is 154 cm³/mol. The highest BCUT2D eigenvalue weighted by atomic mass is 35.5. The first-order valence-electron chi connectivity index (χ1n) is 13.1. The molecule has 2 atom stereocenters. The molecular weight excluding hydrogens is 579 g/mol. The first-order valence-corrected chi connectivity index (χ1v) is 13.9. The van der Waals surface area contributed by atoms with Gasteiger partial charge in [0.1, 0.15) is 16.4 Å². The van der Waals surface area contributed by atoms with Gasteiger partial charge in [-0.3, -0.25) is 19.7 Å². The van der Waals surface area contributed by atoms with E-state index in [1.54, 1.807) is 0 Å². The van der Waals surface area contributed by atoms with Gasteiger partial charge in [-0.25, -0.2) is 9.69 Å². The topological polar surface area (TPSA) is 107 Å². The van der Waals surface area contributed by atoms with E-state index in [2.05, 4.69) is 0 Å². The molecule has 1 saturated heterocycles. The Kier molecular flexibility index (Phi) is 5.80. The van der Waals surface area contributed by atoms with Crippen molar-refractivity contribution in [1.82, 2.24) is 0 Å². The lowest BCUT2D eigenvalue weighted by Gasteiger charge is -2.54. The molecule has 0 radical (unpaired) electrons. The first-order chi connectivity index (χ1) is 20.2. The Balaban J connectivity index is 1.18. The van der Waals surface area contributed by atoms with Crippen molar-refractivity contribution in [3.05, 3.63) is 141 Å². The van der Waals surface area contributed by atoms with Gasteiger partial charge in [0.2, 0.25) is 11.8 Å². The maximum Gasteiger partial charge on any atom is 0.338 e. The second kappa shape index (κ2) is 9.24. The van der Waals surface area contributed by atoms with E-state index in [1.807, 2.05) is 48.5 Å². The Hall–Kier alpha value is -4.53. The highest BCUT2D eigenvalue weighted by Gasteiger charge is 2.73. The zero-order chi connectivity index (χ0) is 29.4. The lowest BCUT2D eigenvalue weighted by atomic mass is 9.54. The lowest BCUT2D eigenvalue weighted by Crippen LogP contribution is -2.57. The smallest absolute Gasteiger partial charge is 0.338 e. The van der Waals surface area contributed by atoms with Crippen molar-refractivity contribution in [3.63, 3.8) is 0 Å². The van der Waals surface area contributed by atoms with Crippen molar-refractivity contribution in [2.24, 2.45) is 11.8 Å². The van der Waals surface area contributed by atoms with Crippen LogP contribution in [0.2, 0.25) is 0 Å². The number of benzene rings is 4. The number of hydrogen-bond acceptors (Lipinski definition) is 6. The number of ether oxygens (including phenoxy) is 1. The molecule has 4 aromatic carbocycles. The number of imide groups is 1. The van der Waals surface area contributed by atoms with Crippen LogP contribution in [0.15, 0.2) is 97.1 Å². The number of halogens is 2. The lowest BCUT2D eigenvalue weighted by molar-refractivity contribution is -0.384. The number of rotatable bonds is 5. The third-order valence-electron chi connectivity index (χ3n) is 8.46. The molecule has 0 spiro atoms. The summed E-state index contributed by atoms with van der Waals surface area (Å²) in [5.74, 6) is -3.40. The van der Waals surface area contributed by atoms with Gasteiger partial charge in [0.15, 0.2) is 0 Å². The second-order valence-corrected chi connectivity index (χ2v) is 11.7. The molecule has 2 amide bonds. The molecule has 0 unspecified atom stereocenters. The maximum atomic E-state index is 14.1. The predicted octanol–water partition coefficient (Wildman–Crippen LogP) is 6.05. The van der Waals surface area contributed by atoms with Crippen molar-refractivity contribution in [1.29, 1.82) is 0 Å². The van der Waals surface area contributed by atoms with E-state index >= 15 is 0 Å². The van der Waals surface area contributed by atoms with Gasteiger partial charge in [0.05, 0.1) is 28.0 Å². The van der Waals surface area contributed by atoms with Crippen molar-refractivity contribution in [2.45, 2.75) is 16.4 Å². The van der Waals surface area contributed by atoms with Gasteiger partial charge in [-0.2, -0.15) is 0 Å². The minimum atomic E-state index is -1.28. The summed E-state index contributed by atoms with van der Waals surface area (Å²) >= 11 is 14.9. The number of alkyl halides is 2. The fraction of sp³-hybridized carbons (Fsp3) is 0.156. The zero-order valence-corrected chi connectivity index (χ0v) is 23.2. The van der Waals surface area contributed by atoms with Gasteiger partial charge in [-0.15, -0.1) is 23.2 Å². The van der Waals surface area contributed by atoms with Crippen molar-refractivity contribution in [3.8, 4) is 0 Å². The zero-order valence-electron chi connectivity index (χ0n) is 21.7. The summed E-state index contributed by atoms with van der Waals surface area (Å²) in [5, 5.41) is 10.8. The summed E-state index contributed by atoms with van der Waals surface area (Å²) in [5.41, 5.74) is 3.90. The number of hydrogen-bond donors (Lipinski definition) is 0. The molecule has 42 heavy (non-hydrogen) atoms. The molecule has 3 aliphatic carbocycles. The van der Waals surface area contributed by atoms with E-state index in [4.69, 9.17) is 27.9 Å². The molecule has 8 rings (SSSR count). The van der Waals surface area contributed by atoms with Crippen LogP contribution in [-0.4, -0.2) is 22.7 Å². The van der Waals surface area contributed by atoms with Gasteiger partial charge in [-0.1, -0.05) is 48.5 Å². The van der Waals surface area contributed by atoms with Crippen LogP contribution in [0.4, 0.5) is 11.4 Å². The quantitative estimate of drug-likeness (QED) is 0.0910. The van der Waals surface area contributed by atoms with E-state index in [0.29, 0.717) is 11.3 Å². The summed E-state index contributed by atoms with van der Waals surface area (Å²) in [7, 11) is 0. The summed E-state index contributed by atoms with van der Waals surface area (Å²) in [6.07, 6.45) is 0. The summed E-state index contributed by atoms with van der Waals surface area (Å²) in [6, 6.07) is 26.5. The SMILES string of the molecule is O=C(OCc1ccc([N+](=O)[O-])cc1)c1ccc(N2C(=O)[C@@H]3[C@H](C2=O)C2(Cl)c4ccccc4C3(Cl)c3ccccc32)cc1. The van der Waals surface area contributed by atoms with Crippen molar-refractivity contribution < 1.29 is 24.0 Å². The number of carbonyl (C=O) groups excluding carboxylic acids is 3. The number of non-ortho nitro benzene ring substituents is 1. The van der Waals surface area contributed by atoms with E-state index in [-0.39, 0.29) is 17.9 Å². The minimum absolute atomic E-state index is 0.0625. The molecule has 8 nitrogen and oxygen atoms in total. The summed E-state index contributed by atoms with van der Waals surface area (Å²) in [6.45, 7) is -0.0816. The Labute approximate surface area is 249 Å². The molecule has 4 aromatic rings. The molecule has 1 aliphatic heterocycles. The molecule has 1 heterocycles. The van der Waals surface area contributed by atoms with Crippen molar-refractivity contribution in [2.75, 3.05) is 4.90 Å². The molecule has 0 saturated carbocycles. The van der Waals surface area contributed by atoms with Gasteiger partial charge >= 0.3 is 5.97 Å². The number of esters is 1. The summed E-state index contributed by atoms with van der Waals surface area (Å²) < 4.78 is 5.34. The molecule has 4 aliphatic rings. The average molecular weight is 599 g/mol. The third-order valence-corrected chi connectivity index (χ3v) is 9.75. The number of nitro benzene ring substituents is 1. The highest BCUT2D eigenvalue weighted by molar-refractivity contribution is 6.38. The number of nitro groups is 1. The largest absolute Gasteiger partial charge is 0.457 e. The highest BCUT2D eigenvalue weighted by Crippen LogP contribution is 2.69. The Morgan fingerprint density at radius 2 is 1.21 bits per heavy atom. The molecule has 208 valence electrons. The molecule has 1 fully saturated rings. The van der Waals surface area contributed by atoms with Gasteiger partial charge in [-0.05, 0) is 64.2 Å². The Morgan fingerprint density at radius 3 is 1.64 bits per heavy atom. The van der Waals surface area contributed by atoms with E-state index in [1.165, 1.54) is 48.5 Å². The average Bonchev–Trinajstić information content (AvgIpc) is 3.29. The molecule has 0 N–H and O–H groups in total. The number of carbonyl (C=O) groups is 3. The first kappa shape index (κ1) is 26.4. The van der Waals surface area contributed by atoms with E-state index in [9.17, 15) is 24.5 Å². The van der Waals surface area contributed by atoms with E-state index in [0.717, 1.165) is 27.2 Å². The normalized spacial score (nSPS) is 25.0. The van der Waals surface area contributed by atoms with Crippen LogP contribution in [-0.2, 0) is 30.7 Å². The minimum Gasteiger partial charge on any atom is -0.457 e. The fourth-order valence-electron chi connectivity index (χ4n) is 6.61. The van der Waals surface area contributed by atoms with Crippen LogP contribution >= 0.6 is 23.2 Å². The Bertz CT molecular complexity index is 1700. The van der Waals surface area contributed by atoms with Gasteiger partial charge in [0.25, 0.3) is 5.69 Å². The maximum absolute atomic E-state index is 14.1. The molecule has 2 bridgehead atoms. The van der Waals surface area contributed by atoms with Crippen LogP contribution in [0.1, 0.15) is 38.2 Å². The second-order valence-electron chi connectivity index (χ2n) is 10.5. The number of amides is 2. The van der Waals surface area contributed by atoms with Crippen LogP contribution in [0.3, 0.4) is 0 Å².